The average Bonchev–Trinajstić information content (AvgIpc) is 3.10. The van der Waals surface area contributed by atoms with E-state index in [1.807, 2.05) is 24.3 Å². The maximum Gasteiger partial charge on any atom is 0.287 e. The summed E-state index contributed by atoms with van der Waals surface area (Å²) in [5, 5.41) is 6.73. The number of hydrazine groups is 1. The third-order valence-corrected chi connectivity index (χ3v) is 3.96. The van der Waals surface area contributed by atoms with Crippen molar-refractivity contribution in [3.05, 3.63) is 82.7 Å². The molecule has 0 aliphatic carbocycles. The summed E-state index contributed by atoms with van der Waals surface area (Å²) in [5.74, 6) is -0.718. The Bertz CT molecular complexity index is 921. The van der Waals surface area contributed by atoms with Gasteiger partial charge in [0.15, 0.2) is 0 Å². The minimum atomic E-state index is -0.392. The first kappa shape index (κ1) is 16.9. The van der Waals surface area contributed by atoms with Crippen molar-refractivity contribution in [1.29, 1.82) is 0 Å². The molecule has 2 aromatic carbocycles. The van der Waals surface area contributed by atoms with Crippen molar-refractivity contribution in [2.45, 2.75) is 0 Å². The van der Waals surface area contributed by atoms with Gasteiger partial charge < -0.3 is 0 Å². The van der Waals surface area contributed by atoms with Crippen molar-refractivity contribution in [3.63, 3.8) is 0 Å². The third-order valence-electron chi connectivity index (χ3n) is 3.46. The van der Waals surface area contributed by atoms with Crippen molar-refractivity contribution in [1.82, 2.24) is 21.0 Å². The van der Waals surface area contributed by atoms with Crippen LogP contribution in [0.5, 0.6) is 0 Å². The summed E-state index contributed by atoms with van der Waals surface area (Å²) in [7, 11) is 0. The number of aromatic amines is 1. The van der Waals surface area contributed by atoms with Crippen LogP contribution in [0, 0.1) is 5.82 Å². The molecule has 0 saturated heterocycles. The van der Waals surface area contributed by atoms with E-state index in [0.717, 1.165) is 10.0 Å². The number of hydrogen-bond acceptors (Lipinski definition) is 3. The SMILES string of the molecule is C=C(NNC(=O)c1cc(-c2ccc(F)cc2)n[nH]1)c1cccc(Br)c1. The number of carbonyl (C=O) groups excluding carboxylic acids is 1. The Hall–Kier alpha value is -2.93. The van der Waals surface area contributed by atoms with E-state index in [1.165, 1.54) is 12.1 Å². The quantitative estimate of drug-likeness (QED) is 0.569. The lowest BCUT2D eigenvalue weighted by atomic mass is 10.1. The Balaban J connectivity index is 1.64. The van der Waals surface area contributed by atoms with Gasteiger partial charge in [-0.05, 0) is 48.0 Å². The van der Waals surface area contributed by atoms with Gasteiger partial charge in [0, 0.05) is 10.0 Å². The highest BCUT2D eigenvalue weighted by atomic mass is 79.9. The van der Waals surface area contributed by atoms with Crippen molar-refractivity contribution in [3.8, 4) is 11.3 Å². The van der Waals surface area contributed by atoms with Crippen LogP contribution in [0.3, 0.4) is 0 Å². The van der Waals surface area contributed by atoms with Crippen LogP contribution in [0.15, 0.2) is 65.6 Å². The zero-order chi connectivity index (χ0) is 17.8. The zero-order valence-corrected chi connectivity index (χ0v) is 14.6. The summed E-state index contributed by atoms with van der Waals surface area (Å²) in [6, 6.07) is 15.0. The number of carbonyl (C=O) groups is 1. The van der Waals surface area contributed by atoms with Crippen LogP contribution >= 0.6 is 15.9 Å². The number of hydrogen-bond donors (Lipinski definition) is 3. The lowest BCUT2D eigenvalue weighted by Crippen LogP contribution is -2.36. The number of benzene rings is 2. The molecule has 0 radical (unpaired) electrons. The van der Waals surface area contributed by atoms with E-state index in [9.17, 15) is 9.18 Å². The Morgan fingerprint density at radius 2 is 1.88 bits per heavy atom. The van der Waals surface area contributed by atoms with Crippen LogP contribution < -0.4 is 10.9 Å². The largest absolute Gasteiger partial charge is 0.298 e. The molecule has 0 fully saturated rings. The number of H-pyrrole nitrogens is 1. The molecular formula is C18H14BrFN4O. The topological polar surface area (TPSA) is 69.8 Å². The second-order valence-corrected chi connectivity index (χ2v) is 6.16. The van der Waals surface area contributed by atoms with Gasteiger partial charge in [-0.15, -0.1) is 0 Å². The summed E-state index contributed by atoms with van der Waals surface area (Å²) in [5.41, 5.74) is 8.25. The molecule has 3 rings (SSSR count). The predicted molar refractivity (Wildman–Crippen MR) is 97.8 cm³/mol. The Morgan fingerprint density at radius 3 is 2.60 bits per heavy atom. The van der Waals surface area contributed by atoms with Gasteiger partial charge in [-0.1, -0.05) is 34.6 Å². The summed E-state index contributed by atoms with van der Waals surface area (Å²) < 4.78 is 13.9. The molecule has 7 heteroatoms. The second-order valence-electron chi connectivity index (χ2n) is 5.24. The molecule has 5 nitrogen and oxygen atoms in total. The van der Waals surface area contributed by atoms with Crippen LogP contribution in [0.25, 0.3) is 17.0 Å². The van der Waals surface area contributed by atoms with Crippen LogP contribution in [0.1, 0.15) is 16.1 Å². The van der Waals surface area contributed by atoms with E-state index in [4.69, 9.17) is 0 Å². The molecule has 0 saturated carbocycles. The standard InChI is InChI=1S/C18H14BrFN4O/c1-11(13-3-2-4-14(19)9-13)21-24-18(25)17-10-16(22-23-17)12-5-7-15(20)8-6-12/h2-10,21H,1H2,(H,22,23)(H,24,25). The molecule has 126 valence electrons. The van der Waals surface area contributed by atoms with Crippen LogP contribution in [-0.4, -0.2) is 16.1 Å². The van der Waals surface area contributed by atoms with E-state index < -0.39 is 5.91 Å². The lowest BCUT2D eigenvalue weighted by Gasteiger charge is -2.10. The van der Waals surface area contributed by atoms with E-state index >= 15 is 0 Å². The van der Waals surface area contributed by atoms with Crippen molar-refractivity contribution in [2.75, 3.05) is 0 Å². The Morgan fingerprint density at radius 1 is 1.12 bits per heavy atom. The molecular weight excluding hydrogens is 387 g/mol. The van der Waals surface area contributed by atoms with Crippen molar-refractivity contribution in [2.24, 2.45) is 0 Å². The molecule has 1 amide bonds. The van der Waals surface area contributed by atoms with E-state index in [2.05, 4.69) is 43.6 Å². The minimum Gasteiger partial charge on any atom is -0.298 e. The molecule has 0 unspecified atom stereocenters. The van der Waals surface area contributed by atoms with Crippen molar-refractivity contribution < 1.29 is 9.18 Å². The zero-order valence-electron chi connectivity index (χ0n) is 13.0. The fourth-order valence-corrected chi connectivity index (χ4v) is 2.55. The molecule has 1 heterocycles. The monoisotopic (exact) mass is 400 g/mol. The van der Waals surface area contributed by atoms with E-state index in [-0.39, 0.29) is 11.5 Å². The summed E-state index contributed by atoms with van der Waals surface area (Å²) in [6.45, 7) is 3.88. The highest BCUT2D eigenvalue weighted by Gasteiger charge is 2.11. The summed E-state index contributed by atoms with van der Waals surface area (Å²) in [6.07, 6.45) is 0. The number of halogens is 2. The first-order valence-corrected chi connectivity index (χ1v) is 8.15. The van der Waals surface area contributed by atoms with Crippen molar-refractivity contribution >= 4 is 27.5 Å². The van der Waals surface area contributed by atoms with E-state index in [0.29, 0.717) is 17.0 Å². The highest BCUT2D eigenvalue weighted by Crippen LogP contribution is 2.18. The second kappa shape index (κ2) is 7.31. The molecule has 25 heavy (non-hydrogen) atoms. The molecule has 0 aliphatic heterocycles. The van der Waals surface area contributed by atoms with Gasteiger partial charge in [0.1, 0.15) is 11.5 Å². The molecule has 3 aromatic rings. The fraction of sp³-hybridized carbons (Fsp3) is 0. The summed E-state index contributed by atoms with van der Waals surface area (Å²) >= 11 is 3.38. The van der Waals surface area contributed by atoms with Gasteiger partial charge in [-0.25, -0.2) is 4.39 Å². The highest BCUT2D eigenvalue weighted by molar-refractivity contribution is 9.10. The van der Waals surface area contributed by atoms with Gasteiger partial charge in [-0.2, -0.15) is 5.10 Å². The summed E-state index contributed by atoms with van der Waals surface area (Å²) in [4.78, 5) is 12.2. The van der Waals surface area contributed by atoms with Gasteiger partial charge in [0.05, 0.1) is 11.4 Å². The van der Waals surface area contributed by atoms with Gasteiger partial charge >= 0.3 is 0 Å². The van der Waals surface area contributed by atoms with E-state index in [1.54, 1.807) is 18.2 Å². The van der Waals surface area contributed by atoms with Crippen LogP contribution in [-0.2, 0) is 0 Å². The minimum absolute atomic E-state index is 0.272. The number of nitrogens with one attached hydrogen (secondary N) is 3. The maximum absolute atomic E-state index is 13.0. The first-order chi connectivity index (χ1) is 12.0. The Labute approximate surface area is 152 Å². The lowest BCUT2D eigenvalue weighted by molar-refractivity contribution is 0.0937. The Kier molecular flexibility index (Phi) is 4.95. The predicted octanol–water partition coefficient (Wildman–Crippen LogP) is 3.88. The van der Waals surface area contributed by atoms with Gasteiger partial charge in [0.2, 0.25) is 0 Å². The van der Waals surface area contributed by atoms with Crippen LogP contribution in [0.2, 0.25) is 0 Å². The molecule has 0 bridgehead atoms. The van der Waals surface area contributed by atoms with Crippen LogP contribution in [0.4, 0.5) is 4.39 Å². The first-order valence-electron chi connectivity index (χ1n) is 7.35. The molecule has 0 atom stereocenters. The molecule has 1 aromatic heterocycles. The van der Waals surface area contributed by atoms with Gasteiger partial charge in [0.25, 0.3) is 5.91 Å². The normalized spacial score (nSPS) is 10.3. The average molecular weight is 401 g/mol. The number of nitrogens with zero attached hydrogens (tertiary/aromatic N) is 1. The maximum atomic E-state index is 13.0. The smallest absolute Gasteiger partial charge is 0.287 e. The molecule has 0 spiro atoms. The number of amides is 1. The fourth-order valence-electron chi connectivity index (χ4n) is 2.15. The molecule has 3 N–H and O–H groups in total. The number of aromatic nitrogens is 2. The number of rotatable bonds is 5. The third kappa shape index (κ3) is 4.13. The van der Waals surface area contributed by atoms with Gasteiger partial charge in [-0.3, -0.25) is 20.7 Å². The molecule has 0 aliphatic rings.